The van der Waals surface area contributed by atoms with Crippen LogP contribution in [-0.4, -0.2) is 29.0 Å². The van der Waals surface area contributed by atoms with Crippen LogP contribution in [-0.2, 0) is 28.6 Å². The minimum atomic E-state index is -3.99. The molecular formula is C19H22O6S2. The van der Waals surface area contributed by atoms with Crippen LogP contribution in [0.3, 0.4) is 0 Å². The fourth-order valence-corrected chi connectivity index (χ4v) is 5.21. The average Bonchev–Trinajstić information content (AvgIpc) is 3.01. The Labute approximate surface area is 160 Å². The maximum atomic E-state index is 12.5. The van der Waals surface area contributed by atoms with Gasteiger partial charge in [-0.25, -0.2) is 0 Å². The Hall–Kier alpha value is -1.74. The molecule has 8 heteroatoms. The molecule has 3 rings (SSSR count). The van der Waals surface area contributed by atoms with Crippen LogP contribution in [0, 0.1) is 13.8 Å². The predicted molar refractivity (Wildman–Crippen MR) is 100 cm³/mol. The molecule has 0 unspecified atom stereocenters. The van der Waals surface area contributed by atoms with Crippen LogP contribution in [0.2, 0.25) is 0 Å². The molecule has 0 heterocycles. The van der Waals surface area contributed by atoms with Gasteiger partial charge >= 0.3 is 0 Å². The van der Waals surface area contributed by atoms with Crippen molar-refractivity contribution in [2.75, 3.05) is 0 Å². The molecule has 1 saturated carbocycles. The summed E-state index contributed by atoms with van der Waals surface area (Å²) in [4.78, 5) is 0.0836. The van der Waals surface area contributed by atoms with E-state index in [0.717, 1.165) is 11.1 Å². The zero-order valence-corrected chi connectivity index (χ0v) is 16.8. The molecule has 0 N–H and O–H groups in total. The van der Waals surface area contributed by atoms with Crippen LogP contribution in [0.1, 0.15) is 30.4 Å². The van der Waals surface area contributed by atoms with E-state index in [1.165, 1.54) is 24.3 Å². The summed E-state index contributed by atoms with van der Waals surface area (Å²) in [6.45, 7) is 3.71. The predicted octanol–water partition coefficient (Wildman–Crippen LogP) is 3.34. The Bertz CT molecular complexity index is 910. The molecule has 27 heavy (non-hydrogen) atoms. The first-order valence-electron chi connectivity index (χ1n) is 8.67. The fraction of sp³-hybridized carbons (Fsp3) is 0.368. The van der Waals surface area contributed by atoms with Crippen molar-refractivity contribution in [1.82, 2.24) is 0 Å². The zero-order valence-electron chi connectivity index (χ0n) is 15.2. The van der Waals surface area contributed by atoms with Crippen molar-refractivity contribution in [3.8, 4) is 0 Å². The van der Waals surface area contributed by atoms with Gasteiger partial charge in [0, 0.05) is 0 Å². The molecule has 1 fully saturated rings. The molecule has 1 aliphatic carbocycles. The first-order valence-corrected chi connectivity index (χ1v) is 11.5. The summed E-state index contributed by atoms with van der Waals surface area (Å²) in [6, 6.07) is 12.6. The van der Waals surface area contributed by atoms with Crippen LogP contribution in [0.25, 0.3) is 0 Å². The van der Waals surface area contributed by atoms with Crippen molar-refractivity contribution in [3.63, 3.8) is 0 Å². The normalized spacial score (nSPS) is 20.7. The first kappa shape index (κ1) is 20.0. The lowest BCUT2D eigenvalue weighted by Gasteiger charge is -2.20. The summed E-state index contributed by atoms with van der Waals surface area (Å²) >= 11 is 0. The Morgan fingerprint density at radius 1 is 0.667 bits per heavy atom. The molecule has 0 aliphatic heterocycles. The van der Waals surface area contributed by atoms with Crippen molar-refractivity contribution in [3.05, 3.63) is 59.7 Å². The van der Waals surface area contributed by atoms with E-state index in [1.54, 1.807) is 24.3 Å². The van der Waals surface area contributed by atoms with Crippen LogP contribution in [0.5, 0.6) is 0 Å². The van der Waals surface area contributed by atoms with Crippen molar-refractivity contribution in [2.45, 2.75) is 55.1 Å². The number of rotatable bonds is 6. The van der Waals surface area contributed by atoms with Crippen molar-refractivity contribution >= 4 is 20.2 Å². The van der Waals surface area contributed by atoms with Crippen LogP contribution in [0.4, 0.5) is 0 Å². The molecule has 0 amide bonds. The van der Waals surface area contributed by atoms with Crippen LogP contribution < -0.4 is 0 Å². The lowest BCUT2D eigenvalue weighted by atomic mass is 10.2. The summed E-state index contributed by atoms with van der Waals surface area (Å²) in [5, 5.41) is 0. The number of hydrogen-bond acceptors (Lipinski definition) is 6. The molecule has 2 atom stereocenters. The van der Waals surface area contributed by atoms with E-state index in [-0.39, 0.29) is 9.79 Å². The molecule has 146 valence electrons. The average molecular weight is 411 g/mol. The quantitative estimate of drug-likeness (QED) is 0.679. The minimum absolute atomic E-state index is 0.0418. The molecule has 0 bridgehead atoms. The third-order valence-corrected chi connectivity index (χ3v) is 7.21. The van der Waals surface area contributed by atoms with Crippen molar-refractivity contribution < 1.29 is 25.2 Å². The Morgan fingerprint density at radius 3 is 1.33 bits per heavy atom. The third kappa shape index (κ3) is 4.76. The molecule has 0 saturated heterocycles. The van der Waals surface area contributed by atoms with Crippen LogP contribution >= 0.6 is 0 Å². The minimum Gasteiger partial charge on any atom is -0.260 e. The van der Waals surface area contributed by atoms with Crippen molar-refractivity contribution in [2.24, 2.45) is 0 Å². The van der Waals surface area contributed by atoms with Gasteiger partial charge in [0.25, 0.3) is 20.2 Å². The van der Waals surface area contributed by atoms with Gasteiger partial charge in [0.1, 0.15) is 12.2 Å². The van der Waals surface area contributed by atoms with E-state index in [2.05, 4.69) is 0 Å². The summed E-state index contributed by atoms with van der Waals surface area (Å²) in [5.41, 5.74) is 1.86. The highest BCUT2D eigenvalue weighted by Gasteiger charge is 2.37. The molecule has 6 nitrogen and oxygen atoms in total. The van der Waals surface area contributed by atoms with Gasteiger partial charge in [0.15, 0.2) is 0 Å². The summed E-state index contributed by atoms with van der Waals surface area (Å²) in [7, 11) is -7.99. The van der Waals surface area contributed by atoms with E-state index < -0.39 is 32.4 Å². The monoisotopic (exact) mass is 410 g/mol. The summed E-state index contributed by atoms with van der Waals surface area (Å²) in [5.74, 6) is 0. The first-order chi connectivity index (χ1) is 12.7. The highest BCUT2D eigenvalue weighted by molar-refractivity contribution is 7.87. The number of benzene rings is 2. The van der Waals surface area contributed by atoms with Crippen molar-refractivity contribution in [1.29, 1.82) is 0 Å². The van der Waals surface area contributed by atoms with Gasteiger partial charge in [0.05, 0.1) is 9.79 Å². The van der Waals surface area contributed by atoms with E-state index in [0.29, 0.717) is 19.3 Å². The SMILES string of the molecule is Cc1ccc(S(=O)(=O)O[C@H]2CCC[C@@H]2OS(=O)(=O)c2ccc(C)cc2)cc1. The second kappa shape index (κ2) is 7.71. The largest absolute Gasteiger partial charge is 0.297 e. The van der Waals surface area contributed by atoms with E-state index in [4.69, 9.17) is 8.37 Å². The molecular weight excluding hydrogens is 388 g/mol. The van der Waals surface area contributed by atoms with Gasteiger partial charge in [-0.3, -0.25) is 8.37 Å². The molecule has 2 aromatic carbocycles. The maximum absolute atomic E-state index is 12.5. The topological polar surface area (TPSA) is 86.7 Å². The number of aryl methyl sites for hydroxylation is 2. The molecule has 0 radical (unpaired) electrons. The zero-order chi connectivity index (χ0) is 19.7. The van der Waals surface area contributed by atoms with E-state index in [9.17, 15) is 16.8 Å². The smallest absolute Gasteiger partial charge is 0.260 e. The Kier molecular flexibility index (Phi) is 5.71. The van der Waals surface area contributed by atoms with Gasteiger partial charge in [-0.05, 0) is 57.4 Å². The Balaban J connectivity index is 1.75. The molecule has 0 spiro atoms. The lowest BCUT2D eigenvalue weighted by molar-refractivity contribution is 0.0871. The van der Waals surface area contributed by atoms with Gasteiger partial charge in [-0.15, -0.1) is 0 Å². The van der Waals surface area contributed by atoms with Gasteiger partial charge < -0.3 is 0 Å². The molecule has 1 aliphatic rings. The van der Waals surface area contributed by atoms with Gasteiger partial charge in [-0.2, -0.15) is 16.8 Å². The summed E-state index contributed by atoms with van der Waals surface area (Å²) in [6.07, 6.45) is -0.214. The van der Waals surface area contributed by atoms with Crippen LogP contribution in [0.15, 0.2) is 58.3 Å². The standard InChI is InChI=1S/C19H22O6S2/c1-14-6-10-16(11-7-14)26(20,21)24-18-4-3-5-19(18)25-27(22,23)17-12-8-15(2)9-13-17/h6-13,18-19H,3-5H2,1-2H3/t18-,19-/m0/s1. The Morgan fingerprint density at radius 2 is 1.00 bits per heavy atom. The third-order valence-electron chi connectivity index (χ3n) is 4.51. The molecule has 0 aromatic heterocycles. The van der Waals surface area contributed by atoms with E-state index in [1.807, 2.05) is 13.8 Å². The highest BCUT2D eigenvalue weighted by atomic mass is 32.2. The number of hydrogen-bond donors (Lipinski definition) is 0. The fourth-order valence-electron chi connectivity index (χ4n) is 2.96. The maximum Gasteiger partial charge on any atom is 0.297 e. The molecule has 2 aromatic rings. The van der Waals surface area contributed by atoms with Gasteiger partial charge in [0.2, 0.25) is 0 Å². The summed E-state index contributed by atoms with van der Waals surface area (Å²) < 4.78 is 60.6. The second-order valence-corrected chi connectivity index (χ2v) is 9.88. The lowest BCUT2D eigenvalue weighted by Crippen LogP contribution is -2.30. The second-order valence-electron chi connectivity index (χ2n) is 6.73. The highest BCUT2D eigenvalue weighted by Crippen LogP contribution is 2.31. The van der Waals surface area contributed by atoms with Gasteiger partial charge in [-0.1, -0.05) is 35.4 Å². The van der Waals surface area contributed by atoms with E-state index >= 15 is 0 Å².